The number of hydrogen-bond acceptors (Lipinski definition) is 3. The molecule has 1 aromatic carbocycles. The summed E-state index contributed by atoms with van der Waals surface area (Å²) in [4.78, 5) is 15.4. The molecule has 1 spiro atoms. The van der Waals surface area contributed by atoms with Crippen LogP contribution in [-0.4, -0.2) is 23.4 Å². The summed E-state index contributed by atoms with van der Waals surface area (Å²) >= 11 is 0. The minimum atomic E-state index is -0.595. The summed E-state index contributed by atoms with van der Waals surface area (Å²) in [6.45, 7) is 5.43. The maximum atomic E-state index is 13.4. The van der Waals surface area contributed by atoms with E-state index in [1.54, 1.807) is 0 Å². The monoisotopic (exact) mass is 363 g/mol. The van der Waals surface area contributed by atoms with E-state index in [2.05, 4.69) is 31.4 Å². The van der Waals surface area contributed by atoms with Gasteiger partial charge in [0.2, 0.25) is 5.91 Å². The zero-order valence-electron chi connectivity index (χ0n) is 16.4. The largest absolute Gasteiger partial charge is 0.325 e. The van der Waals surface area contributed by atoms with Crippen molar-refractivity contribution in [2.75, 3.05) is 11.9 Å². The molecule has 4 aliphatic rings. The van der Waals surface area contributed by atoms with Crippen LogP contribution < -0.4 is 5.32 Å². The van der Waals surface area contributed by atoms with Crippen molar-refractivity contribution < 1.29 is 4.79 Å². The molecule has 5 atom stereocenters. The van der Waals surface area contributed by atoms with Crippen LogP contribution in [-0.2, 0) is 10.2 Å². The second kappa shape index (κ2) is 5.50. The lowest BCUT2D eigenvalue weighted by atomic mass is 9.60. The third-order valence-corrected chi connectivity index (χ3v) is 8.60. The van der Waals surface area contributed by atoms with E-state index in [9.17, 15) is 10.1 Å². The highest BCUT2D eigenvalue weighted by Crippen LogP contribution is 2.77. The molecule has 0 aromatic heterocycles. The van der Waals surface area contributed by atoms with Gasteiger partial charge < -0.3 is 10.2 Å². The van der Waals surface area contributed by atoms with Gasteiger partial charge in [0.25, 0.3) is 0 Å². The molecule has 142 valence electrons. The van der Waals surface area contributed by atoms with E-state index >= 15 is 0 Å². The number of fused-ring (bicyclic) bond motifs is 1. The van der Waals surface area contributed by atoms with Gasteiger partial charge in [0.15, 0.2) is 6.19 Å². The van der Waals surface area contributed by atoms with Crippen LogP contribution in [0.25, 0.3) is 0 Å². The molecule has 0 bridgehead atoms. The molecule has 2 saturated carbocycles. The quantitative estimate of drug-likeness (QED) is 0.808. The highest BCUT2D eigenvalue weighted by Gasteiger charge is 2.72. The summed E-state index contributed by atoms with van der Waals surface area (Å²) in [5, 5.41) is 13.2. The average molecular weight is 364 g/mol. The number of para-hydroxylation sites is 1. The minimum Gasteiger partial charge on any atom is -0.325 e. The number of hydrogen-bond donors (Lipinski definition) is 1. The van der Waals surface area contributed by atoms with Gasteiger partial charge in [-0.1, -0.05) is 44.9 Å². The van der Waals surface area contributed by atoms with Crippen LogP contribution in [0.4, 0.5) is 5.69 Å². The summed E-state index contributed by atoms with van der Waals surface area (Å²) in [6.07, 6.45) is 10.4. The molecule has 2 heterocycles. The number of carbonyl (C=O) groups excluding carboxylic acids is 1. The lowest BCUT2D eigenvalue weighted by molar-refractivity contribution is -0.125. The Kier molecular flexibility index (Phi) is 3.48. The third kappa shape index (κ3) is 2.01. The number of amides is 1. The van der Waals surface area contributed by atoms with Gasteiger partial charge in [-0.25, -0.2) is 0 Å². The normalized spacial score (nSPS) is 41.8. The fourth-order valence-electron chi connectivity index (χ4n) is 7.24. The SMILES string of the molecule is CCC[C@]1([C@@H]2C[C@]34C[C@@]3(C)CCC[C@H]4CN2C#N)C(=O)Nc2ccccc21. The van der Waals surface area contributed by atoms with Gasteiger partial charge in [0.05, 0.1) is 11.5 Å². The molecule has 4 nitrogen and oxygen atoms in total. The Balaban J connectivity index is 1.62. The van der Waals surface area contributed by atoms with E-state index in [0.29, 0.717) is 16.7 Å². The van der Waals surface area contributed by atoms with Crippen LogP contribution in [0.5, 0.6) is 0 Å². The Hall–Kier alpha value is -2.02. The van der Waals surface area contributed by atoms with Crippen LogP contribution >= 0.6 is 0 Å². The van der Waals surface area contributed by atoms with Crippen LogP contribution in [0.1, 0.15) is 64.4 Å². The van der Waals surface area contributed by atoms with Gasteiger partial charge >= 0.3 is 0 Å². The maximum absolute atomic E-state index is 13.4. The average Bonchev–Trinajstić information content (AvgIpc) is 3.18. The first-order chi connectivity index (χ1) is 13.0. The van der Waals surface area contributed by atoms with E-state index in [-0.39, 0.29) is 11.9 Å². The van der Waals surface area contributed by atoms with Crippen LogP contribution in [0, 0.1) is 28.2 Å². The highest BCUT2D eigenvalue weighted by molar-refractivity contribution is 6.07. The fraction of sp³-hybridized carbons (Fsp3) is 0.652. The molecule has 5 rings (SSSR count). The molecule has 1 aromatic rings. The summed E-state index contributed by atoms with van der Waals surface area (Å²) in [5.41, 5.74) is 2.23. The molecule has 2 aliphatic heterocycles. The number of carbonyl (C=O) groups is 1. The van der Waals surface area contributed by atoms with Gasteiger partial charge in [0, 0.05) is 12.2 Å². The lowest BCUT2D eigenvalue weighted by Gasteiger charge is -2.51. The van der Waals surface area contributed by atoms with Gasteiger partial charge in [-0.05, 0) is 60.5 Å². The van der Waals surface area contributed by atoms with Gasteiger partial charge in [-0.3, -0.25) is 4.79 Å². The molecule has 2 aliphatic carbocycles. The van der Waals surface area contributed by atoms with Crippen molar-refractivity contribution in [1.82, 2.24) is 4.90 Å². The number of nitrogens with zero attached hydrogens (tertiary/aromatic N) is 2. The van der Waals surface area contributed by atoms with E-state index in [4.69, 9.17) is 0 Å². The molecule has 3 fully saturated rings. The van der Waals surface area contributed by atoms with Gasteiger partial charge in [-0.2, -0.15) is 5.26 Å². The number of benzene rings is 1. The Morgan fingerprint density at radius 1 is 1.37 bits per heavy atom. The smallest absolute Gasteiger partial charge is 0.237 e. The number of piperidine rings is 1. The highest BCUT2D eigenvalue weighted by atomic mass is 16.2. The lowest BCUT2D eigenvalue weighted by Crippen LogP contribution is -2.59. The number of anilines is 1. The van der Waals surface area contributed by atoms with Gasteiger partial charge in [0.1, 0.15) is 0 Å². The van der Waals surface area contributed by atoms with Crippen molar-refractivity contribution in [3.05, 3.63) is 29.8 Å². The predicted molar refractivity (Wildman–Crippen MR) is 105 cm³/mol. The first-order valence-electron chi connectivity index (χ1n) is 10.6. The van der Waals surface area contributed by atoms with Crippen molar-refractivity contribution in [2.24, 2.45) is 16.7 Å². The van der Waals surface area contributed by atoms with Gasteiger partial charge in [-0.15, -0.1) is 0 Å². The van der Waals surface area contributed by atoms with E-state index in [0.717, 1.165) is 37.1 Å². The fourth-order valence-corrected chi connectivity index (χ4v) is 7.24. The summed E-state index contributed by atoms with van der Waals surface area (Å²) in [6, 6.07) is 8.11. The number of nitrogens with one attached hydrogen (secondary N) is 1. The predicted octanol–water partition coefficient (Wildman–Crippen LogP) is 4.43. The summed E-state index contributed by atoms with van der Waals surface area (Å²) < 4.78 is 0. The molecule has 1 N–H and O–H groups in total. The Morgan fingerprint density at radius 2 is 2.19 bits per heavy atom. The molecule has 4 heteroatoms. The molecule has 1 saturated heterocycles. The Bertz CT molecular complexity index is 844. The molecular formula is C23H29N3O. The zero-order valence-corrected chi connectivity index (χ0v) is 16.4. The minimum absolute atomic E-state index is 0.0257. The first-order valence-corrected chi connectivity index (χ1v) is 10.6. The van der Waals surface area contributed by atoms with E-state index < -0.39 is 5.41 Å². The Morgan fingerprint density at radius 3 is 2.96 bits per heavy atom. The second-order valence-electron chi connectivity index (χ2n) is 9.68. The summed E-state index contributed by atoms with van der Waals surface area (Å²) in [7, 11) is 0. The van der Waals surface area contributed by atoms with Crippen LogP contribution in [0.15, 0.2) is 24.3 Å². The van der Waals surface area contributed by atoms with E-state index in [1.807, 2.05) is 23.1 Å². The zero-order chi connectivity index (χ0) is 18.9. The molecule has 0 radical (unpaired) electrons. The maximum Gasteiger partial charge on any atom is 0.237 e. The van der Waals surface area contributed by atoms with Crippen molar-refractivity contribution in [3.63, 3.8) is 0 Å². The second-order valence-corrected chi connectivity index (χ2v) is 9.68. The van der Waals surface area contributed by atoms with Crippen molar-refractivity contribution in [1.29, 1.82) is 5.26 Å². The topological polar surface area (TPSA) is 56.1 Å². The summed E-state index contributed by atoms with van der Waals surface area (Å²) in [5.74, 6) is 0.717. The van der Waals surface area contributed by atoms with Crippen molar-refractivity contribution in [2.45, 2.75) is 70.3 Å². The Labute approximate surface area is 161 Å². The molecule has 0 unspecified atom stereocenters. The van der Waals surface area contributed by atoms with Crippen molar-refractivity contribution >= 4 is 11.6 Å². The third-order valence-electron chi connectivity index (χ3n) is 8.60. The molecular weight excluding hydrogens is 334 g/mol. The van der Waals surface area contributed by atoms with Crippen LogP contribution in [0.2, 0.25) is 0 Å². The molecule has 27 heavy (non-hydrogen) atoms. The van der Waals surface area contributed by atoms with E-state index in [1.165, 1.54) is 25.7 Å². The molecule has 1 amide bonds. The number of rotatable bonds is 3. The van der Waals surface area contributed by atoms with Crippen LogP contribution in [0.3, 0.4) is 0 Å². The van der Waals surface area contributed by atoms with Crippen molar-refractivity contribution in [3.8, 4) is 6.19 Å². The standard InChI is InChI=1S/C23H29N3O/c1-3-10-23(17-8-4-5-9-18(17)25-20(23)27)19-12-22-14-21(22,2)11-6-7-16(22)13-26(19)15-24/h4-5,8-9,16,19H,3,6-7,10-14H2,1-2H3,(H,25,27)/t16-,19-,21+,22+,23-/m0/s1. The number of likely N-dealkylation sites (tertiary alicyclic amines) is 1. The number of nitriles is 1. The first kappa shape index (κ1) is 17.1.